The number of ether oxygens (including phenoxy) is 1. The largest absolute Gasteiger partial charge is 0.464 e. The van der Waals surface area contributed by atoms with E-state index >= 15 is 0 Å². The van der Waals surface area contributed by atoms with Gasteiger partial charge in [-0.3, -0.25) is 4.40 Å². The van der Waals surface area contributed by atoms with Gasteiger partial charge in [0.15, 0.2) is 5.15 Å². The number of hydrogen-bond acceptors (Lipinski definition) is 3. The van der Waals surface area contributed by atoms with Crippen molar-refractivity contribution in [3.8, 4) is 0 Å². The van der Waals surface area contributed by atoms with Crippen molar-refractivity contribution < 1.29 is 9.53 Å². The van der Waals surface area contributed by atoms with Crippen LogP contribution in [0.1, 0.15) is 16.3 Å². The first-order valence-electron chi connectivity index (χ1n) is 4.37. The van der Waals surface area contributed by atoms with Crippen molar-refractivity contribution in [2.75, 3.05) is 7.11 Å². The molecule has 0 aliphatic rings. The van der Waals surface area contributed by atoms with E-state index in [9.17, 15) is 4.79 Å². The lowest BCUT2D eigenvalue weighted by Gasteiger charge is -2.04. The van der Waals surface area contributed by atoms with E-state index in [2.05, 4.69) is 9.72 Å². The molecule has 78 valence electrons. The Hall–Kier alpha value is -1.55. The first-order chi connectivity index (χ1) is 7.15. The van der Waals surface area contributed by atoms with E-state index in [0.29, 0.717) is 22.2 Å². The summed E-state index contributed by atoms with van der Waals surface area (Å²) in [5.74, 6) is 0.258. The van der Waals surface area contributed by atoms with Gasteiger partial charge in [0.25, 0.3) is 0 Å². The van der Waals surface area contributed by atoms with E-state index in [4.69, 9.17) is 11.6 Å². The Labute approximate surface area is 91.4 Å². The zero-order valence-electron chi connectivity index (χ0n) is 8.32. The molecular formula is C10H9ClN2O2. The predicted octanol–water partition coefficient (Wildman–Crippen LogP) is 2.08. The Morgan fingerprint density at radius 2 is 2.27 bits per heavy atom. The summed E-state index contributed by atoms with van der Waals surface area (Å²) in [6, 6.07) is 5.22. The van der Waals surface area contributed by atoms with E-state index in [0.717, 1.165) is 0 Å². The Balaban J connectivity index is 2.80. The molecule has 0 radical (unpaired) electrons. The number of carbonyl (C=O) groups is 1. The van der Waals surface area contributed by atoms with Crippen LogP contribution in [0.4, 0.5) is 0 Å². The van der Waals surface area contributed by atoms with Crippen molar-refractivity contribution in [2.45, 2.75) is 6.92 Å². The van der Waals surface area contributed by atoms with Gasteiger partial charge in [0.1, 0.15) is 11.5 Å². The number of aryl methyl sites for hydroxylation is 1. The lowest BCUT2D eigenvalue weighted by Crippen LogP contribution is -2.08. The normalized spacial score (nSPS) is 10.6. The zero-order valence-corrected chi connectivity index (χ0v) is 9.08. The fraction of sp³-hybridized carbons (Fsp3) is 0.200. The molecule has 0 aliphatic carbocycles. The Kier molecular flexibility index (Phi) is 2.36. The molecule has 0 saturated heterocycles. The second kappa shape index (κ2) is 3.55. The minimum Gasteiger partial charge on any atom is -0.464 e. The zero-order chi connectivity index (χ0) is 11.0. The number of aromatic nitrogens is 2. The van der Waals surface area contributed by atoms with Crippen LogP contribution in [0.25, 0.3) is 5.52 Å². The number of nitrogens with zero attached hydrogens (tertiary/aromatic N) is 2. The van der Waals surface area contributed by atoms with Gasteiger partial charge in [-0.2, -0.15) is 0 Å². The van der Waals surface area contributed by atoms with Gasteiger partial charge in [-0.1, -0.05) is 17.7 Å². The molecule has 2 heterocycles. The molecule has 5 heteroatoms. The van der Waals surface area contributed by atoms with Gasteiger partial charge in [-0.15, -0.1) is 0 Å². The predicted molar refractivity (Wildman–Crippen MR) is 56.3 cm³/mol. The number of esters is 1. The number of fused-ring (bicyclic) bond motifs is 1. The summed E-state index contributed by atoms with van der Waals surface area (Å²) in [7, 11) is 1.34. The summed E-state index contributed by atoms with van der Waals surface area (Å²) in [5.41, 5.74) is 1.13. The van der Waals surface area contributed by atoms with Crippen LogP contribution in [0, 0.1) is 6.92 Å². The molecule has 0 spiro atoms. The van der Waals surface area contributed by atoms with Crippen molar-refractivity contribution in [2.24, 2.45) is 0 Å². The van der Waals surface area contributed by atoms with Crippen LogP contribution in [0.2, 0.25) is 5.15 Å². The van der Waals surface area contributed by atoms with Crippen LogP contribution in [0.3, 0.4) is 0 Å². The maximum Gasteiger partial charge on any atom is 0.355 e. The number of hydrogen-bond donors (Lipinski definition) is 0. The van der Waals surface area contributed by atoms with Crippen molar-refractivity contribution >= 4 is 23.1 Å². The quantitative estimate of drug-likeness (QED) is 0.697. The smallest absolute Gasteiger partial charge is 0.355 e. The molecule has 0 N–H and O–H groups in total. The van der Waals surface area contributed by atoms with Crippen LogP contribution in [-0.4, -0.2) is 22.5 Å². The Bertz CT molecular complexity index is 533. The summed E-state index contributed by atoms with van der Waals surface area (Å²) < 4.78 is 6.35. The molecule has 0 aromatic carbocycles. The van der Waals surface area contributed by atoms with Gasteiger partial charge in [0.05, 0.1) is 12.6 Å². The van der Waals surface area contributed by atoms with E-state index in [1.165, 1.54) is 7.11 Å². The van der Waals surface area contributed by atoms with Crippen molar-refractivity contribution in [3.63, 3.8) is 0 Å². The molecule has 0 fully saturated rings. The lowest BCUT2D eigenvalue weighted by molar-refractivity contribution is 0.0592. The van der Waals surface area contributed by atoms with Gasteiger partial charge in [-0.05, 0) is 19.1 Å². The fourth-order valence-electron chi connectivity index (χ4n) is 1.53. The third kappa shape index (κ3) is 1.47. The highest BCUT2D eigenvalue weighted by atomic mass is 35.5. The number of methoxy groups -OCH3 is 1. The average molecular weight is 225 g/mol. The molecule has 0 aliphatic heterocycles. The van der Waals surface area contributed by atoms with E-state index in [1.807, 2.05) is 0 Å². The number of imidazole rings is 1. The Morgan fingerprint density at radius 1 is 1.53 bits per heavy atom. The van der Waals surface area contributed by atoms with E-state index in [1.54, 1.807) is 29.5 Å². The van der Waals surface area contributed by atoms with Gasteiger partial charge >= 0.3 is 5.97 Å². The molecular weight excluding hydrogens is 216 g/mol. The topological polar surface area (TPSA) is 43.6 Å². The fourth-order valence-corrected chi connectivity index (χ4v) is 1.80. The van der Waals surface area contributed by atoms with Crippen LogP contribution in [-0.2, 0) is 4.74 Å². The van der Waals surface area contributed by atoms with Crippen molar-refractivity contribution in [3.05, 3.63) is 34.9 Å². The molecule has 4 nitrogen and oxygen atoms in total. The van der Waals surface area contributed by atoms with Crippen LogP contribution >= 0.6 is 11.6 Å². The molecule has 0 amide bonds. The average Bonchev–Trinajstić information content (AvgIpc) is 2.54. The monoisotopic (exact) mass is 224 g/mol. The maximum atomic E-state index is 11.5. The molecule has 0 bridgehead atoms. The highest BCUT2D eigenvalue weighted by molar-refractivity contribution is 6.32. The van der Waals surface area contributed by atoms with Crippen LogP contribution in [0.15, 0.2) is 18.2 Å². The van der Waals surface area contributed by atoms with Gasteiger partial charge in [-0.25, -0.2) is 9.78 Å². The number of carbonyl (C=O) groups excluding carboxylic acids is 1. The number of rotatable bonds is 1. The minimum absolute atomic E-state index is 0.387. The highest BCUT2D eigenvalue weighted by Crippen LogP contribution is 2.19. The molecule has 0 unspecified atom stereocenters. The maximum absolute atomic E-state index is 11.5. The molecule has 15 heavy (non-hydrogen) atoms. The second-order valence-corrected chi connectivity index (χ2v) is 3.43. The number of pyridine rings is 1. The van der Waals surface area contributed by atoms with Gasteiger partial charge in [0, 0.05) is 0 Å². The summed E-state index contributed by atoms with van der Waals surface area (Å²) >= 11 is 5.91. The summed E-state index contributed by atoms with van der Waals surface area (Å²) in [5, 5.41) is 0.387. The minimum atomic E-state index is -0.405. The van der Waals surface area contributed by atoms with Gasteiger partial charge < -0.3 is 4.74 Å². The molecule has 0 atom stereocenters. The van der Waals surface area contributed by atoms with Gasteiger partial charge in [0.2, 0.25) is 0 Å². The molecule has 2 aromatic heterocycles. The molecule has 0 saturated carbocycles. The van der Waals surface area contributed by atoms with E-state index in [-0.39, 0.29) is 0 Å². The standard InChI is InChI=1S/C10H9ClN2O2/c1-6-12-9(11)7-4-3-5-8(13(6)7)10(14)15-2/h3-5H,1-2H3. The number of halogens is 1. The van der Waals surface area contributed by atoms with Crippen LogP contribution in [0.5, 0.6) is 0 Å². The van der Waals surface area contributed by atoms with Crippen molar-refractivity contribution in [1.82, 2.24) is 9.38 Å². The first-order valence-corrected chi connectivity index (χ1v) is 4.75. The third-order valence-electron chi connectivity index (χ3n) is 2.18. The molecule has 2 rings (SSSR count). The highest BCUT2D eigenvalue weighted by Gasteiger charge is 2.14. The Morgan fingerprint density at radius 3 is 2.93 bits per heavy atom. The van der Waals surface area contributed by atoms with Crippen molar-refractivity contribution in [1.29, 1.82) is 0 Å². The van der Waals surface area contributed by atoms with Crippen LogP contribution < -0.4 is 0 Å². The van der Waals surface area contributed by atoms with E-state index < -0.39 is 5.97 Å². The summed E-state index contributed by atoms with van der Waals surface area (Å²) in [4.78, 5) is 15.6. The molecule has 2 aromatic rings. The first kappa shape index (κ1) is 9.98. The third-order valence-corrected chi connectivity index (χ3v) is 2.46. The summed E-state index contributed by atoms with van der Waals surface area (Å²) in [6.07, 6.45) is 0. The SMILES string of the molecule is COC(=O)c1cccc2c(Cl)nc(C)n12. The summed E-state index contributed by atoms with van der Waals surface area (Å²) in [6.45, 7) is 1.78. The lowest BCUT2D eigenvalue weighted by atomic mass is 10.3. The second-order valence-electron chi connectivity index (χ2n) is 3.07.